The largest absolute Gasteiger partial charge is 0.394 e. The highest BCUT2D eigenvalue weighted by atomic mass is 31.2. The number of rotatable bonds is 9. The van der Waals surface area contributed by atoms with Crippen LogP contribution in [0, 0.1) is 0 Å². The third-order valence-electron chi connectivity index (χ3n) is 2.39. The van der Waals surface area contributed by atoms with Crippen LogP contribution in [-0.2, 0) is 9.09 Å². The lowest BCUT2D eigenvalue weighted by molar-refractivity contribution is -0.870. The molecule has 0 aromatic heterocycles. The van der Waals surface area contributed by atoms with Crippen molar-refractivity contribution in [2.75, 3.05) is 47.1 Å². The van der Waals surface area contributed by atoms with Gasteiger partial charge in [-0.05, 0) is 0 Å². The van der Waals surface area contributed by atoms with E-state index in [-0.39, 0.29) is 12.8 Å². The average molecular weight is 282 g/mol. The molecule has 0 heterocycles. The molecule has 0 saturated heterocycles. The molecule has 6 nitrogen and oxygen atoms in total. The molecule has 0 spiro atoms. The first kappa shape index (κ1) is 17.8. The Kier molecular flexibility index (Phi) is 7.29. The van der Waals surface area contributed by atoms with E-state index in [4.69, 9.17) is 9.63 Å². The van der Waals surface area contributed by atoms with Gasteiger partial charge in [0.25, 0.3) is 0 Å². The second-order valence-corrected chi connectivity index (χ2v) is 7.81. The SMILES string of the molecule is C=CCP(=O)(OCC[N+](C)(C)C)C(O)C(O)CO. The Bertz CT molecular complexity index is 302. The van der Waals surface area contributed by atoms with Gasteiger partial charge in [0.05, 0.1) is 27.7 Å². The molecule has 0 aromatic rings. The van der Waals surface area contributed by atoms with Crippen LogP contribution in [0.3, 0.4) is 0 Å². The van der Waals surface area contributed by atoms with Crippen LogP contribution in [0.2, 0.25) is 0 Å². The second kappa shape index (κ2) is 7.38. The predicted molar refractivity (Wildman–Crippen MR) is 70.6 cm³/mol. The number of aliphatic hydroxyl groups is 3. The molecule has 0 saturated carbocycles. The van der Waals surface area contributed by atoms with Crippen molar-refractivity contribution in [2.24, 2.45) is 0 Å². The first-order valence-electron chi connectivity index (χ1n) is 5.78. The van der Waals surface area contributed by atoms with Crippen LogP contribution < -0.4 is 0 Å². The monoisotopic (exact) mass is 282 g/mol. The quantitative estimate of drug-likeness (QED) is 0.311. The molecule has 108 valence electrons. The van der Waals surface area contributed by atoms with Gasteiger partial charge in [0, 0.05) is 6.16 Å². The van der Waals surface area contributed by atoms with Gasteiger partial charge < -0.3 is 24.3 Å². The summed E-state index contributed by atoms with van der Waals surface area (Å²) < 4.78 is 18.3. The number of quaternary nitrogens is 1. The molecule has 3 unspecified atom stereocenters. The smallest absolute Gasteiger partial charge is 0.237 e. The summed E-state index contributed by atoms with van der Waals surface area (Å²) >= 11 is 0. The Morgan fingerprint density at radius 2 is 1.94 bits per heavy atom. The molecular formula is C11H25NO5P+. The fourth-order valence-electron chi connectivity index (χ4n) is 1.24. The molecule has 0 aromatic carbocycles. The zero-order valence-electron chi connectivity index (χ0n) is 11.3. The van der Waals surface area contributed by atoms with Gasteiger partial charge in [-0.25, -0.2) is 0 Å². The van der Waals surface area contributed by atoms with E-state index in [0.29, 0.717) is 11.0 Å². The Morgan fingerprint density at radius 3 is 2.33 bits per heavy atom. The van der Waals surface area contributed by atoms with Gasteiger partial charge in [-0.15, -0.1) is 6.58 Å². The molecule has 0 fully saturated rings. The van der Waals surface area contributed by atoms with Crippen molar-refractivity contribution in [1.29, 1.82) is 0 Å². The van der Waals surface area contributed by atoms with Crippen molar-refractivity contribution in [3.8, 4) is 0 Å². The van der Waals surface area contributed by atoms with E-state index in [1.54, 1.807) is 0 Å². The average Bonchev–Trinajstić information content (AvgIpc) is 2.25. The number of hydrogen-bond acceptors (Lipinski definition) is 5. The van der Waals surface area contributed by atoms with Gasteiger partial charge in [-0.2, -0.15) is 0 Å². The van der Waals surface area contributed by atoms with Crippen molar-refractivity contribution in [1.82, 2.24) is 0 Å². The van der Waals surface area contributed by atoms with E-state index in [9.17, 15) is 14.8 Å². The van der Waals surface area contributed by atoms with Crippen molar-refractivity contribution >= 4 is 7.37 Å². The van der Waals surface area contributed by atoms with E-state index >= 15 is 0 Å². The van der Waals surface area contributed by atoms with Gasteiger partial charge in [-0.1, -0.05) is 6.08 Å². The van der Waals surface area contributed by atoms with E-state index in [1.165, 1.54) is 6.08 Å². The first-order chi connectivity index (χ1) is 8.16. The Morgan fingerprint density at radius 1 is 1.39 bits per heavy atom. The number of hydrogen-bond donors (Lipinski definition) is 3. The van der Waals surface area contributed by atoms with Crippen molar-refractivity contribution in [2.45, 2.75) is 11.9 Å². The fourth-order valence-corrected chi connectivity index (χ4v) is 3.09. The maximum absolute atomic E-state index is 12.4. The third kappa shape index (κ3) is 6.09. The van der Waals surface area contributed by atoms with Crippen LogP contribution >= 0.6 is 7.37 Å². The number of likely N-dealkylation sites (N-methyl/N-ethyl adjacent to an activating group) is 1. The second-order valence-electron chi connectivity index (χ2n) is 5.21. The highest BCUT2D eigenvalue weighted by Gasteiger charge is 2.37. The number of allylic oxidation sites excluding steroid dienone is 1. The van der Waals surface area contributed by atoms with Gasteiger partial charge in [0.2, 0.25) is 7.37 Å². The van der Waals surface area contributed by atoms with Crippen LogP contribution in [0.4, 0.5) is 0 Å². The van der Waals surface area contributed by atoms with Crippen LogP contribution in [0.25, 0.3) is 0 Å². The summed E-state index contributed by atoms with van der Waals surface area (Å²) in [6.45, 7) is 3.61. The minimum Gasteiger partial charge on any atom is -0.394 e. The summed E-state index contributed by atoms with van der Waals surface area (Å²) in [7, 11) is 2.43. The third-order valence-corrected chi connectivity index (χ3v) is 4.93. The molecule has 18 heavy (non-hydrogen) atoms. The van der Waals surface area contributed by atoms with Crippen LogP contribution in [0.15, 0.2) is 12.7 Å². The van der Waals surface area contributed by atoms with Crippen molar-refractivity contribution < 1.29 is 28.9 Å². The lowest BCUT2D eigenvalue weighted by Gasteiger charge is -2.28. The van der Waals surface area contributed by atoms with Crippen LogP contribution in [0.5, 0.6) is 0 Å². The zero-order valence-corrected chi connectivity index (χ0v) is 12.2. The van der Waals surface area contributed by atoms with E-state index in [0.717, 1.165) is 0 Å². The number of aliphatic hydroxyl groups excluding tert-OH is 3. The molecule has 0 aliphatic rings. The summed E-state index contributed by atoms with van der Waals surface area (Å²) in [6.07, 6.45) is -0.137. The molecule has 0 aliphatic heterocycles. The van der Waals surface area contributed by atoms with Crippen LogP contribution in [-0.4, -0.2) is 78.8 Å². The van der Waals surface area contributed by atoms with Crippen molar-refractivity contribution in [3.05, 3.63) is 12.7 Å². The van der Waals surface area contributed by atoms with Crippen LogP contribution in [0.1, 0.15) is 0 Å². The van der Waals surface area contributed by atoms with E-state index in [2.05, 4.69) is 6.58 Å². The first-order valence-corrected chi connectivity index (χ1v) is 7.66. The summed E-state index contributed by atoms with van der Waals surface area (Å²) in [5, 5.41) is 27.9. The Balaban J connectivity index is 4.62. The molecule has 0 amide bonds. The lowest BCUT2D eigenvalue weighted by Crippen LogP contribution is -2.38. The zero-order chi connectivity index (χ0) is 14.4. The summed E-state index contributed by atoms with van der Waals surface area (Å²) in [5.74, 6) is -1.59. The molecule has 3 N–H and O–H groups in total. The molecular weight excluding hydrogens is 257 g/mol. The molecule has 7 heteroatoms. The predicted octanol–water partition coefficient (Wildman–Crippen LogP) is -0.155. The molecule has 3 atom stereocenters. The Hall–Kier alpha value is -0.230. The molecule has 0 bridgehead atoms. The van der Waals surface area contributed by atoms with Crippen molar-refractivity contribution in [3.63, 3.8) is 0 Å². The molecule has 0 aliphatic carbocycles. The highest BCUT2D eigenvalue weighted by molar-refractivity contribution is 7.59. The van der Waals surface area contributed by atoms with Gasteiger partial charge >= 0.3 is 0 Å². The lowest BCUT2D eigenvalue weighted by atomic mass is 10.4. The minimum absolute atomic E-state index is 0.0393. The molecule has 0 radical (unpaired) electrons. The van der Waals surface area contributed by atoms with Gasteiger partial charge in [-0.3, -0.25) is 4.57 Å². The Labute approximate surface area is 109 Å². The highest BCUT2D eigenvalue weighted by Crippen LogP contribution is 2.51. The maximum atomic E-state index is 12.4. The summed E-state index contributed by atoms with van der Waals surface area (Å²) in [5.41, 5.74) is 0. The summed E-state index contributed by atoms with van der Waals surface area (Å²) in [6, 6.07) is 0. The normalized spacial score (nSPS) is 19.0. The maximum Gasteiger partial charge on any atom is 0.237 e. The standard InChI is InChI=1S/C11H25NO5P/c1-5-8-18(16,11(15)10(14)9-13)17-7-6-12(2,3)4/h5,10-11,13-15H,1,6-9H2,2-4H3/q+1. The number of nitrogens with zero attached hydrogens (tertiary/aromatic N) is 1. The molecule has 0 rings (SSSR count). The minimum atomic E-state index is -3.45. The summed E-state index contributed by atoms with van der Waals surface area (Å²) in [4.78, 5) is 0. The van der Waals surface area contributed by atoms with Gasteiger partial charge in [0.1, 0.15) is 19.3 Å². The topological polar surface area (TPSA) is 87.0 Å². The van der Waals surface area contributed by atoms with E-state index in [1.807, 2.05) is 21.1 Å². The fraction of sp³-hybridized carbons (Fsp3) is 0.818. The van der Waals surface area contributed by atoms with E-state index < -0.39 is 25.9 Å². The van der Waals surface area contributed by atoms with Gasteiger partial charge in [0.15, 0.2) is 5.85 Å².